The Morgan fingerprint density at radius 2 is 2.07 bits per heavy atom. The van der Waals surface area contributed by atoms with Gasteiger partial charge in [-0.2, -0.15) is 0 Å². The van der Waals surface area contributed by atoms with Gasteiger partial charge in [0.25, 0.3) is 0 Å². The highest BCUT2D eigenvalue weighted by atomic mass is 16.5. The summed E-state index contributed by atoms with van der Waals surface area (Å²) in [5.41, 5.74) is 0.965. The third-order valence-corrected chi connectivity index (χ3v) is 2.62. The lowest BCUT2D eigenvalue weighted by Crippen LogP contribution is -2.29. The van der Waals surface area contributed by atoms with Crippen molar-refractivity contribution in [3.63, 3.8) is 0 Å². The van der Waals surface area contributed by atoms with E-state index in [0.29, 0.717) is 17.5 Å². The van der Waals surface area contributed by atoms with Crippen LogP contribution in [0.2, 0.25) is 0 Å². The molecule has 0 aromatic carbocycles. The maximum Gasteiger partial charge on any atom is 0.333 e. The molecule has 0 heterocycles. The largest absolute Gasteiger partial charge is 0.466 e. The number of carbonyl (C=O) groups excluding carboxylic acids is 1. The fraction of sp³-hybridized carbons (Fsp3) is 0.750. The van der Waals surface area contributed by atoms with E-state index >= 15 is 0 Å². The molecule has 0 aliphatic rings. The maximum atomic E-state index is 11.0. The second-order valence-corrected chi connectivity index (χ2v) is 4.53. The molecule has 0 amide bonds. The topological polar surface area (TPSA) is 38.3 Å². The van der Waals surface area contributed by atoms with Crippen LogP contribution in [0.5, 0.6) is 0 Å². The number of rotatable bonds is 6. The Bertz CT molecular complexity index is 232. The number of ether oxygens (including phenoxy) is 1. The van der Waals surface area contributed by atoms with Crippen LogP contribution in [0.1, 0.15) is 34.1 Å². The van der Waals surface area contributed by atoms with E-state index in [0.717, 1.165) is 13.0 Å². The van der Waals surface area contributed by atoms with Crippen LogP contribution in [0.15, 0.2) is 11.6 Å². The molecule has 0 saturated carbocycles. The van der Waals surface area contributed by atoms with Crippen LogP contribution in [0.3, 0.4) is 0 Å². The Morgan fingerprint density at radius 1 is 1.47 bits per heavy atom. The fourth-order valence-corrected chi connectivity index (χ4v) is 1.01. The first kappa shape index (κ1) is 14.2. The number of esters is 1. The molecule has 0 aromatic heterocycles. The van der Waals surface area contributed by atoms with Gasteiger partial charge in [0.15, 0.2) is 0 Å². The van der Waals surface area contributed by atoms with Gasteiger partial charge in [-0.1, -0.05) is 26.8 Å². The molecule has 15 heavy (non-hydrogen) atoms. The molecule has 0 aliphatic carbocycles. The molecule has 1 N–H and O–H groups in total. The minimum Gasteiger partial charge on any atom is -0.466 e. The van der Waals surface area contributed by atoms with Crippen molar-refractivity contribution < 1.29 is 9.53 Å². The summed E-state index contributed by atoms with van der Waals surface area (Å²) in [4.78, 5) is 11.0. The zero-order valence-electron chi connectivity index (χ0n) is 10.5. The highest BCUT2D eigenvalue weighted by Gasteiger charge is 2.13. The van der Waals surface area contributed by atoms with Gasteiger partial charge in [0.05, 0.1) is 7.11 Å². The Morgan fingerprint density at radius 3 is 2.53 bits per heavy atom. The van der Waals surface area contributed by atoms with Crippen molar-refractivity contribution in [2.45, 2.75) is 34.1 Å². The molecule has 0 radical (unpaired) electrons. The van der Waals surface area contributed by atoms with E-state index in [1.807, 2.05) is 6.08 Å². The van der Waals surface area contributed by atoms with E-state index in [9.17, 15) is 4.79 Å². The Kier molecular flexibility index (Phi) is 6.25. The molecule has 0 saturated heterocycles. The van der Waals surface area contributed by atoms with Crippen molar-refractivity contribution in [2.24, 2.45) is 5.41 Å². The highest BCUT2D eigenvalue weighted by Crippen LogP contribution is 2.17. The summed E-state index contributed by atoms with van der Waals surface area (Å²) >= 11 is 0. The van der Waals surface area contributed by atoms with Crippen LogP contribution in [-0.4, -0.2) is 26.2 Å². The van der Waals surface area contributed by atoms with E-state index in [-0.39, 0.29) is 5.97 Å². The zero-order valence-corrected chi connectivity index (χ0v) is 10.5. The first-order valence-corrected chi connectivity index (χ1v) is 5.38. The first-order valence-electron chi connectivity index (χ1n) is 5.38. The van der Waals surface area contributed by atoms with Gasteiger partial charge in [0, 0.05) is 18.7 Å². The first-order chi connectivity index (χ1) is 6.93. The number of carbonyl (C=O) groups is 1. The molecule has 0 bridgehead atoms. The zero-order chi connectivity index (χ0) is 11.9. The van der Waals surface area contributed by atoms with E-state index < -0.39 is 0 Å². The SMILES string of the molecule is CCC(C)(C)CNC/C=C(/C)C(=O)OC. The van der Waals surface area contributed by atoms with E-state index in [4.69, 9.17) is 0 Å². The molecular weight excluding hydrogens is 190 g/mol. The van der Waals surface area contributed by atoms with Crippen molar-refractivity contribution in [2.75, 3.05) is 20.2 Å². The number of hydrogen-bond acceptors (Lipinski definition) is 3. The summed E-state index contributed by atoms with van der Waals surface area (Å²) in [5.74, 6) is -0.258. The second kappa shape index (κ2) is 6.62. The molecule has 88 valence electrons. The van der Waals surface area contributed by atoms with E-state index in [1.165, 1.54) is 7.11 Å². The molecular formula is C12H23NO2. The lowest BCUT2D eigenvalue weighted by atomic mass is 9.90. The fourth-order valence-electron chi connectivity index (χ4n) is 1.01. The molecule has 0 fully saturated rings. The van der Waals surface area contributed by atoms with Gasteiger partial charge >= 0.3 is 5.97 Å². The van der Waals surface area contributed by atoms with Crippen LogP contribution in [0.4, 0.5) is 0 Å². The normalized spacial score (nSPS) is 12.7. The minimum absolute atomic E-state index is 0.258. The summed E-state index contributed by atoms with van der Waals surface area (Å²) in [5, 5.41) is 3.30. The molecule has 0 unspecified atom stereocenters. The summed E-state index contributed by atoms with van der Waals surface area (Å²) < 4.78 is 4.60. The predicted molar refractivity (Wildman–Crippen MR) is 62.7 cm³/mol. The highest BCUT2D eigenvalue weighted by molar-refractivity contribution is 5.87. The molecule has 0 aliphatic heterocycles. The molecule has 0 aromatic rings. The van der Waals surface area contributed by atoms with E-state index in [1.54, 1.807) is 6.92 Å². The van der Waals surface area contributed by atoms with E-state index in [2.05, 4.69) is 30.8 Å². The molecule has 0 atom stereocenters. The van der Waals surface area contributed by atoms with Gasteiger partial charge in [-0.15, -0.1) is 0 Å². The Hall–Kier alpha value is -0.830. The van der Waals surface area contributed by atoms with Gasteiger partial charge in [-0.3, -0.25) is 0 Å². The maximum absolute atomic E-state index is 11.0. The predicted octanol–water partition coefficient (Wildman–Crippen LogP) is 2.13. The minimum atomic E-state index is -0.258. The quantitative estimate of drug-likeness (QED) is 0.417. The number of hydrogen-bond donors (Lipinski definition) is 1. The van der Waals surface area contributed by atoms with Crippen molar-refractivity contribution in [1.82, 2.24) is 5.32 Å². The Labute approximate surface area is 92.9 Å². The summed E-state index contributed by atoms with van der Waals surface area (Å²) in [7, 11) is 1.40. The Balaban J connectivity index is 3.84. The van der Waals surface area contributed by atoms with Crippen LogP contribution in [-0.2, 0) is 9.53 Å². The van der Waals surface area contributed by atoms with Crippen LogP contribution in [0, 0.1) is 5.41 Å². The summed E-state index contributed by atoms with van der Waals surface area (Å²) in [6, 6.07) is 0. The number of methoxy groups -OCH3 is 1. The molecule has 3 heteroatoms. The van der Waals surface area contributed by atoms with Crippen LogP contribution >= 0.6 is 0 Å². The van der Waals surface area contributed by atoms with Crippen molar-refractivity contribution in [3.05, 3.63) is 11.6 Å². The average molecular weight is 213 g/mol. The van der Waals surface area contributed by atoms with Gasteiger partial charge < -0.3 is 10.1 Å². The third kappa shape index (κ3) is 6.28. The van der Waals surface area contributed by atoms with Gasteiger partial charge in [0.1, 0.15) is 0 Å². The second-order valence-electron chi connectivity index (χ2n) is 4.53. The van der Waals surface area contributed by atoms with Gasteiger partial charge in [-0.25, -0.2) is 4.79 Å². The van der Waals surface area contributed by atoms with Gasteiger partial charge in [-0.05, 0) is 18.8 Å². The molecule has 0 rings (SSSR count). The summed E-state index contributed by atoms with van der Waals surface area (Å²) in [6.45, 7) is 10.0. The molecule has 3 nitrogen and oxygen atoms in total. The number of nitrogens with one attached hydrogen (secondary N) is 1. The standard InChI is InChI=1S/C12H23NO2/c1-6-12(3,4)9-13-8-7-10(2)11(14)15-5/h7,13H,6,8-9H2,1-5H3/b10-7-. The molecule has 0 spiro atoms. The average Bonchev–Trinajstić information content (AvgIpc) is 2.22. The van der Waals surface area contributed by atoms with Crippen molar-refractivity contribution >= 4 is 5.97 Å². The lowest BCUT2D eigenvalue weighted by molar-refractivity contribution is -0.136. The van der Waals surface area contributed by atoms with Crippen LogP contribution in [0.25, 0.3) is 0 Å². The van der Waals surface area contributed by atoms with Gasteiger partial charge in [0.2, 0.25) is 0 Å². The lowest BCUT2D eigenvalue weighted by Gasteiger charge is -2.22. The smallest absolute Gasteiger partial charge is 0.333 e. The van der Waals surface area contributed by atoms with Crippen molar-refractivity contribution in [3.8, 4) is 0 Å². The summed E-state index contributed by atoms with van der Waals surface area (Å²) in [6.07, 6.45) is 3.00. The third-order valence-electron chi connectivity index (χ3n) is 2.62. The van der Waals surface area contributed by atoms with Crippen molar-refractivity contribution in [1.29, 1.82) is 0 Å². The monoisotopic (exact) mass is 213 g/mol. The van der Waals surface area contributed by atoms with Crippen LogP contribution < -0.4 is 5.32 Å².